The second-order valence-corrected chi connectivity index (χ2v) is 4.88. The zero-order valence-electron chi connectivity index (χ0n) is 9.42. The molecule has 0 aromatic carbocycles. The number of nitrogens with two attached hydrogens (primary N) is 1. The molecule has 0 unspecified atom stereocenters. The van der Waals surface area contributed by atoms with E-state index < -0.39 is 0 Å². The third-order valence-corrected chi connectivity index (χ3v) is 2.26. The summed E-state index contributed by atoms with van der Waals surface area (Å²) in [4.78, 5) is 2.06. The number of nitrogens with zero attached hydrogens (tertiary/aromatic N) is 1. The average Bonchev–Trinajstić information content (AvgIpc) is 2.02. The fourth-order valence-corrected chi connectivity index (χ4v) is 1.50. The van der Waals surface area contributed by atoms with Crippen LogP contribution >= 0.6 is 0 Å². The van der Waals surface area contributed by atoms with Crippen molar-refractivity contribution in [3.8, 4) is 0 Å². The van der Waals surface area contributed by atoms with E-state index in [1.165, 1.54) is 0 Å². The molecule has 0 aromatic rings. The Kier molecular flexibility index (Phi) is 3.59. The van der Waals surface area contributed by atoms with Crippen LogP contribution in [0, 0.1) is 0 Å². The van der Waals surface area contributed by atoms with Gasteiger partial charge in [-0.2, -0.15) is 0 Å². The van der Waals surface area contributed by atoms with Gasteiger partial charge in [0.1, 0.15) is 0 Å². The van der Waals surface area contributed by atoms with Crippen molar-refractivity contribution < 1.29 is 4.74 Å². The molecule has 0 spiro atoms. The van der Waals surface area contributed by atoms with Crippen molar-refractivity contribution in [2.24, 2.45) is 5.73 Å². The number of hydrogen-bond donors (Lipinski definition) is 1. The van der Waals surface area contributed by atoms with Crippen LogP contribution in [0.2, 0.25) is 0 Å². The van der Waals surface area contributed by atoms with E-state index in [1.54, 1.807) is 0 Å². The minimum absolute atomic E-state index is 0.219. The molecule has 0 saturated carbocycles. The standard InChI is InChI=1S/C10H20BN2O/c1-10(2,3)14-9(11)13-6-4-8(12)5-7-13/h8H,4-7,12H2,1-3H3. The van der Waals surface area contributed by atoms with Gasteiger partial charge < -0.3 is 0 Å². The third kappa shape index (κ3) is 3.70. The molecule has 4 heteroatoms. The van der Waals surface area contributed by atoms with Crippen LogP contribution in [0.3, 0.4) is 0 Å². The van der Waals surface area contributed by atoms with Gasteiger partial charge in [-0.25, -0.2) is 0 Å². The van der Waals surface area contributed by atoms with Crippen LogP contribution in [-0.4, -0.2) is 42.9 Å². The summed E-state index contributed by atoms with van der Waals surface area (Å²) in [7, 11) is 5.86. The number of rotatable bonds is 2. The maximum absolute atomic E-state index is 5.86. The molecule has 0 aromatic heterocycles. The van der Waals surface area contributed by atoms with Gasteiger partial charge in [-0.15, -0.1) is 0 Å². The van der Waals surface area contributed by atoms with E-state index in [1.807, 2.05) is 20.8 Å². The Balaban J connectivity index is 2.38. The van der Waals surface area contributed by atoms with E-state index in [9.17, 15) is 0 Å². The van der Waals surface area contributed by atoms with Gasteiger partial charge in [0.25, 0.3) is 0 Å². The first-order chi connectivity index (χ1) is 6.38. The van der Waals surface area contributed by atoms with E-state index in [-0.39, 0.29) is 5.60 Å². The maximum atomic E-state index is 5.86. The molecular weight excluding hydrogens is 175 g/mol. The van der Waals surface area contributed by atoms with Crippen molar-refractivity contribution in [1.82, 2.24) is 4.90 Å². The molecule has 1 aliphatic heterocycles. The zero-order chi connectivity index (χ0) is 10.8. The van der Waals surface area contributed by atoms with Crippen molar-refractivity contribution >= 4 is 13.3 Å². The van der Waals surface area contributed by atoms with Crippen LogP contribution in [-0.2, 0) is 4.74 Å². The van der Waals surface area contributed by atoms with E-state index >= 15 is 0 Å². The Bertz CT molecular complexity index is 205. The molecule has 2 N–H and O–H groups in total. The van der Waals surface area contributed by atoms with Gasteiger partial charge in [0.2, 0.25) is 0 Å². The van der Waals surface area contributed by atoms with Crippen molar-refractivity contribution in [2.45, 2.75) is 45.3 Å². The molecule has 14 heavy (non-hydrogen) atoms. The summed E-state index contributed by atoms with van der Waals surface area (Å²) in [6, 6.07) is 0.327. The molecule has 79 valence electrons. The zero-order valence-corrected chi connectivity index (χ0v) is 9.42. The predicted octanol–water partition coefficient (Wildman–Crippen LogP) is 0.481. The molecule has 0 bridgehead atoms. The van der Waals surface area contributed by atoms with Gasteiger partial charge in [-0.3, -0.25) is 0 Å². The van der Waals surface area contributed by atoms with Crippen molar-refractivity contribution in [3.05, 3.63) is 0 Å². The summed E-state index contributed by atoms with van der Waals surface area (Å²) in [5, 5.41) is 0. The van der Waals surface area contributed by atoms with Crippen LogP contribution in [0.25, 0.3) is 0 Å². The molecule has 0 aliphatic carbocycles. The van der Waals surface area contributed by atoms with Gasteiger partial charge in [0, 0.05) is 0 Å². The fourth-order valence-electron chi connectivity index (χ4n) is 1.50. The first kappa shape index (κ1) is 11.6. The molecule has 1 radical (unpaired) electrons. The van der Waals surface area contributed by atoms with Crippen LogP contribution in [0.15, 0.2) is 0 Å². The first-order valence-corrected chi connectivity index (χ1v) is 5.20. The number of piperidine rings is 1. The van der Waals surface area contributed by atoms with E-state index in [0.29, 0.717) is 11.8 Å². The summed E-state index contributed by atoms with van der Waals surface area (Å²) in [6.45, 7) is 7.80. The molecule has 0 atom stereocenters. The summed E-state index contributed by atoms with van der Waals surface area (Å²) < 4.78 is 5.59. The van der Waals surface area contributed by atoms with Crippen molar-refractivity contribution in [2.75, 3.05) is 13.1 Å². The van der Waals surface area contributed by atoms with E-state index in [0.717, 1.165) is 25.9 Å². The number of ether oxygens (including phenoxy) is 1. The Hall–Kier alpha value is -0.505. The van der Waals surface area contributed by atoms with Crippen molar-refractivity contribution in [1.29, 1.82) is 0 Å². The molecule has 1 heterocycles. The van der Waals surface area contributed by atoms with Crippen LogP contribution in [0.1, 0.15) is 33.6 Å². The van der Waals surface area contributed by atoms with Gasteiger partial charge in [-0.1, -0.05) is 0 Å². The first-order valence-electron chi connectivity index (χ1n) is 5.20. The van der Waals surface area contributed by atoms with Gasteiger partial charge in [0.15, 0.2) is 0 Å². The second kappa shape index (κ2) is 4.34. The summed E-state index contributed by atoms with van der Waals surface area (Å²) >= 11 is 0. The molecule has 1 fully saturated rings. The predicted molar refractivity (Wildman–Crippen MR) is 60.4 cm³/mol. The monoisotopic (exact) mass is 195 g/mol. The quantitative estimate of drug-likeness (QED) is 0.651. The molecule has 1 saturated heterocycles. The Labute approximate surface area is 87.7 Å². The Morgan fingerprint density at radius 3 is 2.29 bits per heavy atom. The van der Waals surface area contributed by atoms with Crippen LogP contribution in [0.4, 0.5) is 0 Å². The fraction of sp³-hybridized carbons (Fsp3) is 0.900. The molecular formula is C10H20BN2O. The normalized spacial score (nSPS) is 19.5. The van der Waals surface area contributed by atoms with E-state index in [2.05, 4.69) is 4.90 Å². The average molecular weight is 195 g/mol. The molecule has 1 rings (SSSR count). The molecule has 3 nitrogen and oxygen atoms in total. The van der Waals surface area contributed by atoms with Gasteiger partial charge in [-0.05, 0) is 0 Å². The topological polar surface area (TPSA) is 38.5 Å². The minimum atomic E-state index is -0.219. The van der Waals surface area contributed by atoms with Gasteiger partial charge in [0.05, 0.1) is 0 Å². The SMILES string of the molecule is [B]=C(OC(C)(C)C)N1CCC(N)CC1. The second-order valence-electron chi connectivity index (χ2n) is 4.88. The van der Waals surface area contributed by atoms with Gasteiger partial charge >= 0.3 is 87.0 Å². The summed E-state index contributed by atoms with van der Waals surface area (Å²) in [6.07, 6.45) is 1.99. The Morgan fingerprint density at radius 2 is 1.86 bits per heavy atom. The molecule has 0 amide bonds. The summed E-state index contributed by atoms with van der Waals surface area (Å²) in [5.74, 6) is 0.532. The van der Waals surface area contributed by atoms with Crippen LogP contribution in [0.5, 0.6) is 0 Å². The van der Waals surface area contributed by atoms with Crippen molar-refractivity contribution in [3.63, 3.8) is 0 Å². The third-order valence-electron chi connectivity index (χ3n) is 2.26. The molecule has 1 aliphatic rings. The number of likely N-dealkylation sites (tertiary alicyclic amines) is 1. The summed E-state index contributed by atoms with van der Waals surface area (Å²) in [5.41, 5.74) is 5.59. The van der Waals surface area contributed by atoms with E-state index in [4.69, 9.17) is 18.0 Å². The van der Waals surface area contributed by atoms with Crippen LogP contribution < -0.4 is 5.73 Å². The Morgan fingerprint density at radius 1 is 1.36 bits per heavy atom. The number of hydrogen-bond acceptors (Lipinski definition) is 3.